The summed E-state index contributed by atoms with van der Waals surface area (Å²) in [4.78, 5) is 14.4. The van der Waals surface area contributed by atoms with Gasteiger partial charge in [-0.3, -0.25) is 4.90 Å². The van der Waals surface area contributed by atoms with Crippen molar-refractivity contribution in [3.63, 3.8) is 0 Å². The average Bonchev–Trinajstić information content (AvgIpc) is 2.72. The minimum atomic E-state index is -0.382. The fraction of sp³-hybridized carbons (Fsp3) is 0.304. The lowest BCUT2D eigenvalue weighted by atomic mass is 9.89. The van der Waals surface area contributed by atoms with Crippen LogP contribution in [0.15, 0.2) is 54.6 Å². The summed E-state index contributed by atoms with van der Waals surface area (Å²) >= 11 is 0. The topological polar surface area (TPSA) is 62.6 Å². The lowest BCUT2D eigenvalue weighted by molar-refractivity contribution is -0.0342. The van der Waals surface area contributed by atoms with Gasteiger partial charge in [-0.25, -0.2) is 9.18 Å². The van der Waals surface area contributed by atoms with E-state index in [2.05, 4.69) is 0 Å². The second-order valence-electron chi connectivity index (χ2n) is 7.25. The van der Waals surface area contributed by atoms with Crippen molar-refractivity contribution in [1.82, 2.24) is 4.90 Å². The van der Waals surface area contributed by atoms with Crippen LogP contribution in [0, 0.1) is 17.1 Å². The molecular weight excluding hydrogens is 371 g/mol. The van der Waals surface area contributed by atoms with Crippen molar-refractivity contribution < 1.29 is 18.7 Å². The van der Waals surface area contributed by atoms with Gasteiger partial charge in [0.15, 0.2) is 0 Å². The molecule has 148 valence electrons. The molecule has 0 N–H and O–H groups in total. The van der Waals surface area contributed by atoms with E-state index in [4.69, 9.17) is 14.7 Å². The van der Waals surface area contributed by atoms with Crippen LogP contribution < -0.4 is 0 Å². The highest BCUT2D eigenvalue weighted by Gasteiger charge is 2.39. The summed E-state index contributed by atoms with van der Waals surface area (Å²) in [6, 6.07) is 16.0. The zero-order valence-electron chi connectivity index (χ0n) is 15.9. The number of benzene rings is 2. The van der Waals surface area contributed by atoms with Crippen LogP contribution in [0.2, 0.25) is 0 Å². The van der Waals surface area contributed by atoms with Gasteiger partial charge in [-0.05, 0) is 29.2 Å². The van der Waals surface area contributed by atoms with E-state index < -0.39 is 0 Å². The first kappa shape index (κ1) is 19.2. The number of hydrogen-bond acceptors (Lipinski definition) is 4. The Morgan fingerprint density at radius 2 is 2.03 bits per heavy atom. The molecule has 0 saturated carbocycles. The van der Waals surface area contributed by atoms with Gasteiger partial charge in [0.1, 0.15) is 12.4 Å². The molecule has 0 aliphatic carbocycles. The quantitative estimate of drug-likeness (QED) is 0.786. The first-order valence-corrected chi connectivity index (χ1v) is 9.59. The molecule has 2 aromatic rings. The van der Waals surface area contributed by atoms with Crippen LogP contribution in [0.1, 0.15) is 23.1 Å². The molecule has 2 heterocycles. The predicted octanol–water partition coefficient (Wildman–Crippen LogP) is 4.09. The molecule has 2 aliphatic heterocycles. The minimum absolute atomic E-state index is 0.177. The highest BCUT2D eigenvalue weighted by atomic mass is 19.1. The summed E-state index contributed by atoms with van der Waals surface area (Å²) in [7, 11) is 0. The Morgan fingerprint density at radius 1 is 1.21 bits per heavy atom. The number of carbonyl (C=O) groups is 1. The van der Waals surface area contributed by atoms with Crippen LogP contribution in [-0.2, 0) is 22.5 Å². The van der Waals surface area contributed by atoms with Crippen molar-refractivity contribution in [2.75, 3.05) is 13.2 Å². The van der Waals surface area contributed by atoms with Crippen LogP contribution in [0.3, 0.4) is 0 Å². The third-order valence-electron chi connectivity index (χ3n) is 5.28. The number of nitriles is 1. The maximum Gasteiger partial charge on any atom is 0.411 e. The van der Waals surface area contributed by atoms with Gasteiger partial charge in [0.25, 0.3) is 0 Å². The van der Waals surface area contributed by atoms with Gasteiger partial charge in [0.05, 0.1) is 37.8 Å². The third kappa shape index (κ3) is 4.15. The van der Waals surface area contributed by atoms with E-state index in [1.807, 2.05) is 42.5 Å². The molecule has 5 nitrogen and oxygen atoms in total. The predicted molar refractivity (Wildman–Crippen MR) is 105 cm³/mol. The van der Waals surface area contributed by atoms with Gasteiger partial charge in [-0.2, -0.15) is 5.26 Å². The monoisotopic (exact) mass is 392 g/mol. The first-order chi connectivity index (χ1) is 14.2. The van der Waals surface area contributed by atoms with Gasteiger partial charge in [-0.1, -0.05) is 48.5 Å². The lowest BCUT2D eigenvalue weighted by Crippen LogP contribution is -2.56. The van der Waals surface area contributed by atoms with Crippen molar-refractivity contribution in [2.24, 2.45) is 0 Å². The van der Waals surface area contributed by atoms with E-state index in [-0.39, 0.29) is 37.0 Å². The molecule has 0 radical (unpaired) electrons. The zero-order valence-corrected chi connectivity index (χ0v) is 15.9. The van der Waals surface area contributed by atoms with Crippen LogP contribution >= 0.6 is 0 Å². The number of hydrogen-bond donors (Lipinski definition) is 0. The van der Waals surface area contributed by atoms with Crippen LogP contribution in [0.25, 0.3) is 5.57 Å². The maximum atomic E-state index is 14.6. The number of morpholine rings is 1. The maximum absolute atomic E-state index is 14.6. The summed E-state index contributed by atoms with van der Waals surface area (Å²) in [5.74, 6) is -0.344. The highest BCUT2D eigenvalue weighted by Crippen LogP contribution is 2.34. The normalized spacial score (nSPS) is 20.6. The Morgan fingerprint density at radius 3 is 2.76 bits per heavy atom. The molecule has 2 unspecified atom stereocenters. The molecule has 1 fully saturated rings. The number of nitrogens with zero attached hydrogens (tertiary/aromatic N) is 2. The van der Waals surface area contributed by atoms with Gasteiger partial charge >= 0.3 is 6.09 Å². The van der Waals surface area contributed by atoms with Crippen molar-refractivity contribution >= 4 is 11.7 Å². The molecule has 0 spiro atoms. The average molecular weight is 392 g/mol. The second kappa shape index (κ2) is 8.46. The SMILES string of the molecule is N#CCc1ccc(C2=CC3COCC(C2)N3C(=O)OCc2ccccc2)c(F)c1. The molecular formula is C23H21FN2O3. The van der Waals surface area contributed by atoms with Crippen LogP contribution in [0.4, 0.5) is 9.18 Å². The molecule has 2 atom stereocenters. The molecule has 1 saturated heterocycles. The third-order valence-corrected chi connectivity index (χ3v) is 5.28. The molecule has 29 heavy (non-hydrogen) atoms. The molecule has 1 amide bonds. The smallest absolute Gasteiger partial charge is 0.411 e. The fourth-order valence-corrected chi connectivity index (χ4v) is 3.89. The molecule has 2 bridgehead atoms. The van der Waals surface area contributed by atoms with E-state index in [1.165, 1.54) is 6.07 Å². The Labute approximate surface area is 169 Å². The Kier molecular flexibility index (Phi) is 5.59. The first-order valence-electron chi connectivity index (χ1n) is 9.59. The Hall–Kier alpha value is -3.17. The molecule has 2 aromatic carbocycles. The van der Waals surface area contributed by atoms with E-state index in [0.29, 0.717) is 30.8 Å². The van der Waals surface area contributed by atoms with Crippen LogP contribution in [-0.4, -0.2) is 36.3 Å². The van der Waals surface area contributed by atoms with Gasteiger partial charge in [-0.15, -0.1) is 0 Å². The lowest BCUT2D eigenvalue weighted by Gasteiger charge is -2.43. The number of halogens is 1. The fourth-order valence-electron chi connectivity index (χ4n) is 3.89. The molecule has 6 heteroatoms. The number of carbonyl (C=O) groups excluding carboxylic acids is 1. The van der Waals surface area contributed by atoms with Gasteiger partial charge in [0, 0.05) is 5.56 Å². The standard InChI is InChI=1S/C23H21FN2O3/c24-22-10-16(8-9-25)6-7-21(22)18-11-19-14-28-15-20(12-18)26(19)23(27)29-13-17-4-2-1-3-5-17/h1-7,10-11,19-20H,8,12-15H2. The summed E-state index contributed by atoms with van der Waals surface area (Å²) in [5, 5.41) is 8.79. The van der Waals surface area contributed by atoms with E-state index >= 15 is 0 Å². The largest absolute Gasteiger partial charge is 0.445 e. The van der Waals surface area contributed by atoms with Gasteiger partial charge in [0.2, 0.25) is 0 Å². The summed E-state index contributed by atoms with van der Waals surface area (Å²) < 4.78 is 25.7. The van der Waals surface area contributed by atoms with Crippen LogP contribution in [0.5, 0.6) is 0 Å². The number of fused-ring (bicyclic) bond motifs is 2. The Balaban J connectivity index is 1.51. The molecule has 0 aromatic heterocycles. The molecule has 4 rings (SSSR count). The number of ether oxygens (including phenoxy) is 2. The summed E-state index contributed by atoms with van der Waals surface area (Å²) in [6.07, 6.45) is 2.18. The Bertz CT molecular complexity index is 968. The van der Waals surface area contributed by atoms with Gasteiger partial charge < -0.3 is 9.47 Å². The van der Waals surface area contributed by atoms with Crippen molar-refractivity contribution in [1.29, 1.82) is 5.26 Å². The number of rotatable bonds is 4. The van der Waals surface area contributed by atoms with Crippen molar-refractivity contribution in [3.05, 3.63) is 77.1 Å². The number of amides is 1. The minimum Gasteiger partial charge on any atom is -0.445 e. The van der Waals surface area contributed by atoms with E-state index in [1.54, 1.807) is 17.0 Å². The summed E-state index contributed by atoms with van der Waals surface area (Å²) in [5.41, 5.74) is 2.95. The highest BCUT2D eigenvalue weighted by molar-refractivity contribution is 5.75. The van der Waals surface area contributed by atoms with Crippen molar-refractivity contribution in [2.45, 2.75) is 31.5 Å². The van der Waals surface area contributed by atoms with E-state index in [0.717, 1.165) is 11.1 Å². The second-order valence-corrected chi connectivity index (χ2v) is 7.25. The zero-order chi connectivity index (χ0) is 20.2. The van der Waals surface area contributed by atoms with E-state index in [9.17, 15) is 9.18 Å². The molecule has 2 aliphatic rings. The van der Waals surface area contributed by atoms with Crippen molar-refractivity contribution in [3.8, 4) is 6.07 Å². The summed E-state index contributed by atoms with van der Waals surface area (Å²) in [6.45, 7) is 0.957.